The minimum atomic E-state index is 0.0165. The number of nitrogens with zero attached hydrogens (tertiary/aromatic N) is 2. The third-order valence-electron chi connectivity index (χ3n) is 7.70. The van der Waals surface area contributed by atoms with Gasteiger partial charge < -0.3 is 15.1 Å². The molecule has 0 bridgehead atoms. The number of hydrogen-bond acceptors (Lipinski definition) is 3. The minimum absolute atomic E-state index is 0.0165. The van der Waals surface area contributed by atoms with Crippen LogP contribution in [-0.4, -0.2) is 61.0 Å². The fourth-order valence-electron chi connectivity index (χ4n) is 5.49. The summed E-state index contributed by atoms with van der Waals surface area (Å²) < 4.78 is 0. The van der Waals surface area contributed by atoms with Gasteiger partial charge in [-0.3, -0.25) is 4.79 Å². The van der Waals surface area contributed by atoms with Gasteiger partial charge in [-0.15, -0.1) is 0 Å². The van der Waals surface area contributed by atoms with Crippen LogP contribution in [0, 0.1) is 6.92 Å². The van der Waals surface area contributed by atoms with E-state index in [1.165, 1.54) is 69.4 Å². The number of halogens is 2. The molecule has 0 radical (unpaired) electrons. The first-order chi connectivity index (χ1) is 17.0. The van der Waals surface area contributed by atoms with Gasteiger partial charge in [0.2, 0.25) is 5.91 Å². The van der Waals surface area contributed by atoms with Crippen LogP contribution in [-0.2, 0) is 11.2 Å². The minimum Gasteiger partial charge on any atom is -0.355 e. The number of rotatable bonds is 9. The molecular weight excluding hydrogens is 477 g/mol. The summed E-state index contributed by atoms with van der Waals surface area (Å²) in [5.41, 5.74) is 3.44. The molecule has 0 aromatic heterocycles. The Morgan fingerprint density at radius 1 is 0.971 bits per heavy atom. The normalized spacial score (nSPS) is 18.9. The molecule has 2 fully saturated rings. The van der Waals surface area contributed by atoms with Gasteiger partial charge in [-0.25, -0.2) is 0 Å². The first-order valence-corrected chi connectivity index (χ1v) is 14.0. The van der Waals surface area contributed by atoms with Crippen LogP contribution >= 0.6 is 23.2 Å². The Balaban J connectivity index is 1.29. The van der Waals surface area contributed by atoms with Crippen LogP contribution < -0.4 is 5.32 Å². The summed E-state index contributed by atoms with van der Waals surface area (Å²) in [5.74, 6) is 0.316. The summed E-state index contributed by atoms with van der Waals surface area (Å²) in [4.78, 5) is 18.0. The Hall–Kier alpha value is -1.59. The molecule has 2 aromatic carbocycles. The van der Waals surface area contributed by atoms with E-state index < -0.39 is 0 Å². The smallest absolute Gasteiger partial charge is 0.224 e. The molecule has 4 nitrogen and oxygen atoms in total. The van der Waals surface area contributed by atoms with Crippen molar-refractivity contribution in [3.05, 3.63) is 69.2 Å². The molecule has 1 amide bonds. The number of nitrogens with one attached hydrogen (secondary N) is 1. The number of amides is 1. The summed E-state index contributed by atoms with van der Waals surface area (Å²) in [6.07, 6.45) is 8.07. The zero-order chi connectivity index (χ0) is 24.6. The summed E-state index contributed by atoms with van der Waals surface area (Å²) in [5, 5.41) is 4.17. The highest BCUT2D eigenvalue weighted by atomic mass is 35.5. The fourth-order valence-corrected chi connectivity index (χ4v) is 5.81. The number of aryl methyl sites for hydroxylation is 1. The molecule has 0 saturated carbocycles. The zero-order valence-corrected chi connectivity index (χ0v) is 22.5. The molecule has 1 unspecified atom stereocenters. The first-order valence-electron chi connectivity index (χ1n) is 13.2. The van der Waals surface area contributed by atoms with Crippen molar-refractivity contribution in [1.29, 1.82) is 0 Å². The van der Waals surface area contributed by atoms with E-state index >= 15 is 0 Å². The highest BCUT2D eigenvalue weighted by Gasteiger charge is 2.26. The standard InChI is InChI=1S/C29H39Cl2N3O/c1-22-5-8-24(9-6-22)25(21-32-29(35)20-23-7-10-27(30)28(31)19-23)11-16-33-17-12-26(13-18-33)34-14-3-2-4-15-34/h5-10,19,25-26H,2-4,11-18,20-21H2,1H3,(H,32,35). The van der Waals surface area contributed by atoms with Gasteiger partial charge in [-0.1, -0.05) is 65.5 Å². The van der Waals surface area contributed by atoms with Crippen molar-refractivity contribution in [2.75, 3.05) is 39.3 Å². The second-order valence-electron chi connectivity index (χ2n) is 10.3. The Labute approximate surface area is 221 Å². The third-order valence-corrected chi connectivity index (χ3v) is 8.44. The molecule has 0 spiro atoms. The number of carbonyl (C=O) groups is 1. The lowest BCUT2D eigenvalue weighted by Crippen LogP contribution is -2.47. The van der Waals surface area contributed by atoms with E-state index in [4.69, 9.17) is 23.2 Å². The lowest BCUT2D eigenvalue weighted by molar-refractivity contribution is -0.120. The van der Waals surface area contributed by atoms with E-state index in [1.807, 2.05) is 6.07 Å². The van der Waals surface area contributed by atoms with Crippen molar-refractivity contribution in [3.63, 3.8) is 0 Å². The molecule has 35 heavy (non-hydrogen) atoms. The van der Waals surface area contributed by atoms with E-state index in [1.54, 1.807) is 12.1 Å². The quantitative estimate of drug-likeness (QED) is 0.439. The second-order valence-corrected chi connectivity index (χ2v) is 11.1. The summed E-state index contributed by atoms with van der Waals surface area (Å²) in [6.45, 7) is 8.80. The van der Waals surface area contributed by atoms with E-state index in [-0.39, 0.29) is 5.91 Å². The molecule has 2 aliphatic rings. The monoisotopic (exact) mass is 515 g/mol. The highest BCUT2D eigenvalue weighted by Crippen LogP contribution is 2.25. The first kappa shape index (κ1) is 26.5. The van der Waals surface area contributed by atoms with Crippen LogP contribution in [0.3, 0.4) is 0 Å². The molecule has 2 saturated heterocycles. The summed E-state index contributed by atoms with van der Waals surface area (Å²) in [6, 6.07) is 14.9. The molecule has 1 atom stereocenters. The Morgan fingerprint density at radius 3 is 2.37 bits per heavy atom. The third kappa shape index (κ3) is 7.95. The molecule has 0 aliphatic carbocycles. The van der Waals surface area contributed by atoms with Crippen LogP contribution in [0.25, 0.3) is 0 Å². The SMILES string of the molecule is Cc1ccc(C(CCN2CCC(N3CCCCC3)CC2)CNC(=O)Cc2ccc(Cl)c(Cl)c2)cc1. The Bertz CT molecular complexity index is 951. The summed E-state index contributed by atoms with van der Waals surface area (Å²) >= 11 is 12.1. The molecule has 6 heteroatoms. The van der Waals surface area contributed by atoms with Crippen LogP contribution in [0.4, 0.5) is 0 Å². The molecule has 190 valence electrons. The maximum Gasteiger partial charge on any atom is 0.224 e. The lowest BCUT2D eigenvalue weighted by atomic mass is 9.93. The molecule has 2 aliphatic heterocycles. The van der Waals surface area contributed by atoms with Gasteiger partial charge in [0.15, 0.2) is 0 Å². The van der Waals surface area contributed by atoms with Crippen molar-refractivity contribution >= 4 is 29.1 Å². The Morgan fingerprint density at radius 2 is 1.69 bits per heavy atom. The highest BCUT2D eigenvalue weighted by molar-refractivity contribution is 6.42. The number of benzene rings is 2. The Kier molecular flexibility index (Phi) is 9.91. The van der Waals surface area contributed by atoms with Crippen molar-refractivity contribution in [3.8, 4) is 0 Å². The van der Waals surface area contributed by atoms with Crippen LogP contribution in [0.15, 0.2) is 42.5 Å². The van der Waals surface area contributed by atoms with E-state index in [9.17, 15) is 4.79 Å². The predicted octanol–water partition coefficient (Wildman–Crippen LogP) is 6.08. The van der Waals surface area contributed by atoms with Crippen molar-refractivity contribution in [1.82, 2.24) is 15.1 Å². The van der Waals surface area contributed by atoms with Crippen molar-refractivity contribution in [2.45, 2.75) is 63.8 Å². The molecular formula is C29H39Cl2N3O. The van der Waals surface area contributed by atoms with Crippen molar-refractivity contribution in [2.24, 2.45) is 0 Å². The van der Waals surface area contributed by atoms with Gasteiger partial charge in [0.05, 0.1) is 16.5 Å². The second kappa shape index (κ2) is 13.1. The van der Waals surface area contributed by atoms with Crippen LogP contribution in [0.2, 0.25) is 10.0 Å². The molecule has 2 aromatic rings. The van der Waals surface area contributed by atoms with Gasteiger partial charge in [0, 0.05) is 18.5 Å². The topological polar surface area (TPSA) is 35.6 Å². The van der Waals surface area contributed by atoms with Gasteiger partial charge >= 0.3 is 0 Å². The van der Waals surface area contributed by atoms with Crippen LogP contribution in [0.1, 0.15) is 61.1 Å². The number of piperidine rings is 2. The van der Waals surface area contributed by atoms with E-state index in [0.29, 0.717) is 28.9 Å². The lowest BCUT2D eigenvalue weighted by Gasteiger charge is -2.40. The number of carbonyl (C=O) groups excluding carboxylic acids is 1. The molecule has 1 N–H and O–H groups in total. The number of likely N-dealkylation sites (tertiary alicyclic amines) is 2. The molecule has 2 heterocycles. The number of hydrogen-bond donors (Lipinski definition) is 1. The van der Waals surface area contributed by atoms with Crippen molar-refractivity contribution < 1.29 is 4.79 Å². The maximum absolute atomic E-state index is 12.7. The van der Waals surface area contributed by atoms with Crippen LogP contribution in [0.5, 0.6) is 0 Å². The fraction of sp³-hybridized carbons (Fsp3) is 0.552. The van der Waals surface area contributed by atoms with Gasteiger partial charge in [0.1, 0.15) is 0 Å². The summed E-state index contributed by atoms with van der Waals surface area (Å²) in [7, 11) is 0. The van der Waals surface area contributed by atoms with Gasteiger partial charge in [0.25, 0.3) is 0 Å². The van der Waals surface area contributed by atoms with Gasteiger partial charge in [-0.05, 0) is 95.0 Å². The van der Waals surface area contributed by atoms with Gasteiger partial charge in [-0.2, -0.15) is 0 Å². The zero-order valence-electron chi connectivity index (χ0n) is 20.9. The average Bonchev–Trinajstić information content (AvgIpc) is 2.88. The van der Waals surface area contributed by atoms with E-state index in [2.05, 4.69) is 46.3 Å². The molecule has 4 rings (SSSR count). The predicted molar refractivity (Wildman–Crippen MR) is 147 cm³/mol. The maximum atomic E-state index is 12.7. The average molecular weight is 517 g/mol. The largest absolute Gasteiger partial charge is 0.355 e. The van der Waals surface area contributed by atoms with E-state index in [0.717, 1.165) is 24.6 Å².